The highest BCUT2D eigenvalue weighted by Gasteiger charge is 2.25. The Morgan fingerprint density at radius 1 is 1.10 bits per heavy atom. The number of aromatic nitrogens is 1. The second-order valence-electron chi connectivity index (χ2n) is 4.43. The van der Waals surface area contributed by atoms with Gasteiger partial charge in [0.05, 0.1) is 5.69 Å². The third kappa shape index (κ3) is 3.10. The average molecular weight is 313 g/mol. The molecule has 8 heteroatoms. The van der Waals surface area contributed by atoms with Gasteiger partial charge >= 0.3 is 0 Å². The molecule has 112 valence electrons. The second kappa shape index (κ2) is 5.65. The van der Waals surface area contributed by atoms with Crippen molar-refractivity contribution >= 4 is 21.5 Å². The van der Waals surface area contributed by atoms with Gasteiger partial charge in [0.25, 0.3) is 10.0 Å². The predicted octanol–water partition coefficient (Wildman–Crippen LogP) is 2.23. The van der Waals surface area contributed by atoms with E-state index < -0.39 is 26.6 Å². The van der Waals surface area contributed by atoms with Crippen LogP contribution in [0.15, 0.2) is 41.4 Å². The number of rotatable bonds is 4. The van der Waals surface area contributed by atoms with Gasteiger partial charge in [-0.1, -0.05) is 6.07 Å². The third-order valence-electron chi connectivity index (χ3n) is 2.64. The zero-order valence-corrected chi connectivity index (χ0v) is 12.2. The van der Waals surface area contributed by atoms with E-state index in [2.05, 4.69) is 9.71 Å². The Kier molecular flexibility index (Phi) is 4.08. The van der Waals surface area contributed by atoms with Gasteiger partial charge in [0.1, 0.15) is 11.6 Å². The number of hydrogen-bond acceptors (Lipinski definition) is 4. The number of halogens is 2. The smallest absolute Gasteiger partial charge is 0.267 e. The lowest BCUT2D eigenvalue weighted by atomic mass is 10.3. The Morgan fingerprint density at radius 2 is 1.71 bits per heavy atom. The van der Waals surface area contributed by atoms with Gasteiger partial charge in [0, 0.05) is 20.3 Å². The number of nitrogens with zero attached hydrogens (tertiary/aromatic N) is 2. The van der Waals surface area contributed by atoms with Crippen molar-refractivity contribution < 1.29 is 17.2 Å². The first-order chi connectivity index (χ1) is 9.83. The number of pyridine rings is 1. The van der Waals surface area contributed by atoms with Crippen LogP contribution in [-0.2, 0) is 10.0 Å². The number of benzene rings is 1. The topological polar surface area (TPSA) is 62.3 Å². The van der Waals surface area contributed by atoms with Crippen molar-refractivity contribution in [2.75, 3.05) is 23.7 Å². The van der Waals surface area contributed by atoms with E-state index in [1.807, 2.05) is 0 Å². The summed E-state index contributed by atoms with van der Waals surface area (Å²) in [5.74, 6) is -1.98. The van der Waals surface area contributed by atoms with Crippen LogP contribution in [0.5, 0.6) is 0 Å². The van der Waals surface area contributed by atoms with Crippen molar-refractivity contribution in [3.63, 3.8) is 0 Å². The van der Waals surface area contributed by atoms with Crippen LogP contribution >= 0.6 is 0 Å². The molecule has 0 aliphatic carbocycles. The van der Waals surface area contributed by atoms with Gasteiger partial charge < -0.3 is 4.90 Å². The number of hydrogen-bond donors (Lipinski definition) is 1. The van der Waals surface area contributed by atoms with E-state index in [0.717, 1.165) is 18.2 Å². The zero-order chi connectivity index (χ0) is 15.6. The highest BCUT2D eigenvalue weighted by atomic mass is 32.2. The molecule has 1 aromatic carbocycles. The van der Waals surface area contributed by atoms with Crippen molar-refractivity contribution in [3.05, 3.63) is 48.2 Å². The third-order valence-corrected chi connectivity index (χ3v) is 4.06. The summed E-state index contributed by atoms with van der Waals surface area (Å²) < 4.78 is 53.8. The predicted molar refractivity (Wildman–Crippen MR) is 75.7 cm³/mol. The van der Waals surface area contributed by atoms with Crippen LogP contribution in [0, 0.1) is 11.6 Å². The van der Waals surface area contributed by atoms with Gasteiger partial charge in [0.2, 0.25) is 0 Å². The minimum Gasteiger partial charge on any atom is -0.361 e. The highest BCUT2D eigenvalue weighted by molar-refractivity contribution is 7.92. The molecule has 2 rings (SSSR count). The molecule has 0 aliphatic rings. The summed E-state index contributed by atoms with van der Waals surface area (Å²) in [6.07, 6.45) is 1.48. The fraction of sp³-hybridized carbons (Fsp3) is 0.154. The fourth-order valence-electron chi connectivity index (χ4n) is 1.77. The van der Waals surface area contributed by atoms with Gasteiger partial charge in [-0.3, -0.25) is 4.72 Å². The molecule has 21 heavy (non-hydrogen) atoms. The van der Waals surface area contributed by atoms with Gasteiger partial charge in [-0.15, -0.1) is 0 Å². The second-order valence-corrected chi connectivity index (χ2v) is 6.04. The highest BCUT2D eigenvalue weighted by Crippen LogP contribution is 2.26. The van der Waals surface area contributed by atoms with E-state index >= 15 is 0 Å². The maximum atomic E-state index is 13.6. The van der Waals surface area contributed by atoms with Gasteiger partial charge in [-0.2, -0.15) is 0 Å². The molecule has 5 nitrogen and oxygen atoms in total. The summed E-state index contributed by atoms with van der Waals surface area (Å²) in [7, 11) is -1.06. The first-order valence-electron chi connectivity index (χ1n) is 5.92. The molecule has 0 aliphatic heterocycles. The lowest BCUT2D eigenvalue weighted by Crippen LogP contribution is -2.20. The Bertz CT molecular complexity index is 744. The van der Waals surface area contributed by atoms with Gasteiger partial charge in [-0.25, -0.2) is 22.2 Å². The van der Waals surface area contributed by atoms with E-state index in [-0.39, 0.29) is 5.69 Å². The molecule has 0 spiro atoms. The lowest BCUT2D eigenvalue weighted by Gasteiger charge is -2.17. The number of sulfonamides is 1. The molecular weight excluding hydrogens is 300 g/mol. The molecule has 0 saturated heterocycles. The SMILES string of the molecule is CN(C)c1ncccc1NS(=O)(=O)c1c(F)cccc1F. The van der Waals surface area contributed by atoms with Gasteiger partial charge in [-0.05, 0) is 24.3 Å². The molecule has 2 aromatic rings. The summed E-state index contributed by atoms with van der Waals surface area (Å²) in [5, 5.41) is 0. The summed E-state index contributed by atoms with van der Waals surface area (Å²) in [6.45, 7) is 0. The quantitative estimate of drug-likeness (QED) is 0.940. The van der Waals surface area contributed by atoms with E-state index in [1.54, 1.807) is 19.0 Å². The summed E-state index contributed by atoms with van der Waals surface area (Å²) in [4.78, 5) is 4.58. The van der Waals surface area contributed by atoms with Crippen molar-refractivity contribution in [1.29, 1.82) is 0 Å². The molecule has 0 saturated carbocycles. The standard InChI is InChI=1S/C13H13F2N3O2S/c1-18(2)13-11(7-4-8-16-13)17-21(19,20)12-9(14)5-3-6-10(12)15/h3-8,17H,1-2H3. The first-order valence-corrected chi connectivity index (χ1v) is 7.40. The molecule has 0 unspecified atom stereocenters. The summed E-state index contributed by atoms with van der Waals surface area (Å²) in [5.41, 5.74) is 0.130. The summed E-state index contributed by atoms with van der Waals surface area (Å²) in [6, 6.07) is 5.84. The monoisotopic (exact) mass is 313 g/mol. The molecular formula is C13H13F2N3O2S. The minimum atomic E-state index is -4.40. The zero-order valence-electron chi connectivity index (χ0n) is 11.3. The molecule has 0 fully saturated rings. The molecule has 0 atom stereocenters. The van der Waals surface area contributed by atoms with E-state index in [0.29, 0.717) is 5.82 Å². The van der Waals surface area contributed by atoms with Crippen LogP contribution in [0.1, 0.15) is 0 Å². The van der Waals surface area contributed by atoms with Crippen molar-refractivity contribution in [3.8, 4) is 0 Å². The van der Waals surface area contributed by atoms with Crippen LogP contribution < -0.4 is 9.62 Å². The number of anilines is 2. The Labute approximate surface area is 121 Å². The van der Waals surface area contributed by atoms with Crippen molar-refractivity contribution in [2.45, 2.75) is 4.90 Å². The Hall–Kier alpha value is -2.22. The minimum absolute atomic E-state index is 0.130. The Balaban J connectivity index is 2.48. The maximum absolute atomic E-state index is 13.6. The van der Waals surface area contributed by atoms with Crippen molar-refractivity contribution in [1.82, 2.24) is 4.98 Å². The molecule has 1 heterocycles. The largest absolute Gasteiger partial charge is 0.361 e. The first kappa shape index (κ1) is 15.2. The molecule has 0 bridgehead atoms. The molecule has 0 radical (unpaired) electrons. The van der Waals surface area contributed by atoms with Crippen molar-refractivity contribution in [2.24, 2.45) is 0 Å². The van der Waals surface area contributed by atoms with Crippen LogP contribution in [0.3, 0.4) is 0 Å². The number of nitrogens with one attached hydrogen (secondary N) is 1. The fourth-order valence-corrected chi connectivity index (χ4v) is 2.97. The van der Waals surface area contributed by atoms with Crippen LogP contribution in [0.2, 0.25) is 0 Å². The van der Waals surface area contributed by atoms with E-state index in [1.165, 1.54) is 18.3 Å². The van der Waals surface area contributed by atoms with Crippen LogP contribution in [0.25, 0.3) is 0 Å². The van der Waals surface area contributed by atoms with E-state index in [4.69, 9.17) is 0 Å². The lowest BCUT2D eigenvalue weighted by molar-refractivity contribution is 0.521. The van der Waals surface area contributed by atoms with Gasteiger partial charge in [0.15, 0.2) is 10.7 Å². The average Bonchev–Trinajstić information content (AvgIpc) is 2.37. The Morgan fingerprint density at radius 3 is 2.29 bits per heavy atom. The summed E-state index contributed by atoms with van der Waals surface area (Å²) >= 11 is 0. The maximum Gasteiger partial charge on any atom is 0.267 e. The molecule has 1 aromatic heterocycles. The molecule has 1 N–H and O–H groups in total. The normalized spacial score (nSPS) is 11.2. The molecule has 0 amide bonds. The van der Waals surface area contributed by atoms with E-state index in [9.17, 15) is 17.2 Å². The van der Waals surface area contributed by atoms with Crippen LogP contribution in [-0.4, -0.2) is 27.5 Å². The van der Waals surface area contributed by atoms with Crippen LogP contribution in [0.4, 0.5) is 20.3 Å².